The van der Waals surface area contributed by atoms with Crippen molar-refractivity contribution in [1.29, 1.82) is 0 Å². The van der Waals surface area contributed by atoms with E-state index >= 15 is 0 Å². The molecule has 0 bridgehead atoms. The molecule has 1 aliphatic rings. The molecule has 5 heteroatoms. The van der Waals surface area contributed by atoms with Crippen molar-refractivity contribution < 1.29 is 14.0 Å². The van der Waals surface area contributed by atoms with Crippen LogP contribution in [0.1, 0.15) is 28.1 Å². The van der Waals surface area contributed by atoms with Gasteiger partial charge >= 0.3 is 0 Å². The number of aldehydes is 1. The predicted molar refractivity (Wildman–Crippen MR) is 108 cm³/mol. The molecule has 1 aliphatic heterocycles. The Morgan fingerprint density at radius 3 is 2.54 bits per heavy atom. The van der Waals surface area contributed by atoms with Gasteiger partial charge < -0.3 is 15.1 Å². The lowest BCUT2D eigenvalue weighted by Crippen LogP contribution is -2.03. The van der Waals surface area contributed by atoms with E-state index in [4.69, 9.17) is 0 Å². The second kappa shape index (κ2) is 6.93. The molecule has 140 valence electrons. The number of aryl methyl sites for hydroxylation is 1. The van der Waals surface area contributed by atoms with Gasteiger partial charge in [-0.25, -0.2) is 4.39 Å². The first kappa shape index (κ1) is 17.9. The number of hydrogen-bond donors (Lipinski definition) is 2. The number of benzene rings is 2. The molecule has 2 heterocycles. The van der Waals surface area contributed by atoms with E-state index in [0.29, 0.717) is 34.4 Å². The molecule has 0 saturated carbocycles. The van der Waals surface area contributed by atoms with E-state index in [1.54, 1.807) is 30.3 Å². The molecule has 2 N–H and O–H groups in total. The zero-order valence-electron chi connectivity index (χ0n) is 15.6. The van der Waals surface area contributed by atoms with Crippen molar-refractivity contribution in [2.75, 3.05) is 5.32 Å². The van der Waals surface area contributed by atoms with Crippen LogP contribution in [0.2, 0.25) is 0 Å². The number of carbonyl (C=O) groups excluding carboxylic acids is 2. The fourth-order valence-electron chi connectivity index (χ4n) is 3.78. The quantitative estimate of drug-likeness (QED) is 0.515. The van der Waals surface area contributed by atoms with Gasteiger partial charge in [-0.05, 0) is 48.7 Å². The number of H-pyrrole nitrogens is 1. The van der Waals surface area contributed by atoms with Crippen LogP contribution in [-0.2, 0) is 16.0 Å². The molecule has 0 aliphatic carbocycles. The van der Waals surface area contributed by atoms with E-state index < -0.39 is 0 Å². The van der Waals surface area contributed by atoms with Crippen LogP contribution in [-0.4, -0.2) is 17.2 Å². The standard InChI is InChI=1S/C23H19FN2O2/c1-13-15(10-11-27)14(2)25-21(13)12-18-22-17(16-6-3-4-8-19(16)24)7-5-9-20(22)26-23(18)28/h3-9,11-12,25H,10H2,1-2H3,(H,26,28)/b18-12-. The number of fused-ring (bicyclic) bond motifs is 1. The van der Waals surface area contributed by atoms with Gasteiger partial charge in [0.05, 0.1) is 5.57 Å². The summed E-state index contributed by atoms with van der Waals surface area (Å²) in [4.78, 5) is 26.9. The zero-order chi connectivity index (χ0) is 19.8. The number of aromatic amines is 1. The second-order valence-corrected chi connectivity index (χ2v) is 6.86. The molecule has 4 nitrogen and oxygen atoms in total. The molecule has 28 heavy (non-hydrogen) atoms. The van der Waals surface area contributed by atoms with Crippen LogP contribution in [0.4, 0.5) is 10.1 Å². The molecule has 0 atom stereocenters. The van der Waals surface area contributed by atoms with Gasteiger partial charge in [-0.1, -0.05) is 30.3 Å². The fourth-order valence-corrected chi connectivity index (χ4v) is 3.78. The number of nitrogens with one attached hydrogen (secondary N) is 2. The molecule has 3 aromatic rings. The Balaban J connectivity index is 1.91. The lowest BCUT2D eigenvalue weighted by atomic mass is 9.93. The van der Waals surface area contributed by atoms with Crippen molar-refractivity contribution >= 4 is 29.5 Å². The Kier molecular flexibility index (Phi) is 4.43. The smallest absolute Gasteiger partial charge is 0.256 e. The highest BCUT2D eigenvalue weighted by Crippen LogP contribution is 2.41. The van der Waals surface area contributed by atoms with E-state index in [1.165, 1.54) is 6.07 Å². The lowest BCUT2D eigenvalue weighted by Gasteiger charge is -2.09. The average Bonchev–Trinajstić information content (AvgIpc) is 3.13. The third-order valence-electron chi connectivity index (χ3n) is 5.20. The summed E-state index contributed by atoms with van der Waals surface area (Å²) in [5.74, 6) is -0.572. The van der Waals surface area contributed by atoms with E-state index in [1.807, 2.05) is 26.0 Å². The average molecular weight is 374 g/mol. The van der Waals surface area contributed by atoms with Gasteiger partial charge in [-0.3, -0.25) is 4.79 Å². The second-order valence-electron chi connectivity index (χ2n) is 6.86. The molecule has 0 spiro atoms. The van der Waals surface area contributed by atoms with Crippen molar-refractivity contribution in [3.05, 3.63) is 76.4 Å². The highest BCUT2D eigenvalue weighted by atomic mass is 19.1. The summed E-state index contributed by atoms with van der Waals surface area (Å²) >= 11 is 0. The molecular weight excluding hydrogens is 355 g/mol. The maximum Gasteiger partial charge on any atom is 0.256 e. The highest BCUT2D eigenvalue weighted by Gasteiger charge is 2.28. The fraction of sp³-hybridized carbons (Fsp3) is 0.130. The zero-order valence-corrected chi connectivity index (χ0v) is 15.6. The number of carbonyl (C=O) groups is 2. The molecule has 1 amide bonds. The first-order chi connectivity index (χ1) is 13.5. The summed E-state index contributed by atoms with van der Waals surface area (Å²) in [5.41, 5.74) is 6.46. The van der Waals surface area contributed by atoms with Crippen LogP contribution >= 0.6 is 0 Å². The summed E-state index contributed by atoms with van der Waals surface area (Å²) in [7, 11) is 0. The highest BCUT2D eigenvalue weighted by molar-refractivity contribution is 6.36. The topological polar surface area (TPSA) is 62.0 Å². The summed E-state index contributed by atoms with van der Waals surface area (Å²) in [6.45, 7) is 3.83. The van der Waals surface area contributed by atoms with Crippen LogP contribution in [0.3, 0.4) is 0 Å². The van der Waals surface area contributed by atoms with Crippen LogP contribution in [0.25, 0.3) is 22.8 Å². The summed E-state index contributed by atoms with van der Waals surface area (Å²) in [5, 5.41) is 2.86. The third-order valence-corrected chi connectivity index (χ3v) is 5.20. The Morgan fingerprint density at radius 1 is 1.04 bits per heavy atom. The SMILES string of the molecule is Cc1[nH]c(/C=C2\C(=O)Nc3cccc(-c4ccccc4F)c32)c(C)c1CC=O. The van der Waals surface area contributed by atoms with Crippen molar-refractivity contribution in [3.8, 4) is 11.1 Å². The first-order valence-corrected chi connectivity index (χ1v) is 9.04. The van der Waals surface area contributed by atoms with E-state index in [2.05, 4.69) is 10.3 Å². The Labute approximate surface area is 162 Å². The Morgan fingerprint density at radius 2 is 1.79 bits per heavy atom. The number of hydrogen-bond acceptors (Lipinski definition) is 2. The van der Waals surface area contributed by atoms with E-state index in [0.717, 1.165) is 28.8 Å². The van der Waals surface area contributed by atoms with E-state index in [9.17, 15) is 14.0 Å². The summed E-state index contributed by atoms with van der Waals surface area (Å²) < 4.78 is 14.4. The van der Waals surface area contributed by atoms with E-state index in [-0.39, 0.29) is 11.7 Å². The maximum absolute atomic E-state index is 14.4. The minimum absolute atomic E-state index is 0.234. The number of amides is 1. The molecule has 0 fully saturated rings. The Bertz CT molecular complexity index is 1140. The molecule has 2 aromatic carbocycles. The largest absolute Gasteiger partial charge is 0.359 e. The number of rotatable bonds is 4. The molecule has 0 radical (unpaired) electrons. The lowest BCUT2D eigenvalue weighted by molar-refractivity contribution is -0.111. The van der Waals surface area contributed by atoms with Gasteiger partial charge in [0.2, 0.25) is 0 Å². The molecule has 0 saturated heterocycles. The predicted octanol–water partition coefficient (Wildman–Crippen LogP) is 4.67. The minimum Gasteiger partial charge on any atom is -0.359 e. The monoisotopic (exact) mass is 374 g/mol. The van der Waals surface area contributed by atoms with Crippen LogP contribution in [0, 0.1) is 19.7 Å². The third kappa shape index (κ3) is 2.85. The van der Waals surface area contributed by atoms with Crippen LogP contribution in [0.15, 0.2) is 42.5 Å². The number of halogens is 1. The van der Waals surface area contributed by atoms with Crippen molar-refractivity contribution in [2.24, 2.45) is 0 Å². The van der Waals surface area contributed by atoms with Gasteiger partial charge in [0.15, 0.2) is 0 Å². The van der Waals surface area contributed by atoms with Crippen molar-refractivity contribution in [2.45, 2.75) is 20.3 Å². The van der Waals surface area contributed by atoms with Gasteiger partial charge in [0.25, 0.3) is 5.91 Å². The molecular formula is C23H19FN2O2. The normalized spacial score (nSPS) is 14.2. The van der Waals surface area contributed by atoms with Crippen LogP contribution in [0.5, 0.6) is 0 Å². The van der Waals surface area contributed by atoms with Crippen molar-refractivity contribution in [3.63, 3.8) is 0 Å². The first-order valence-electron chi connectivity index (χ1n) is 9.04. The summed E-state index contributed by atoms with van der Waals surface area (Å²) in [6.07, 6.45) is 2.97. The van der Waals surface area contributed by atoms with Crippen molar-refractivity contribution in [1.82, 2.24) is 4.98 Å². The maximum atomic E-state index is 14.4. The number of anilines is 1. The molecule has 0 unspecified atom stereocenters. The van der Waals surface area contributed by atoms with Gasteiger partial charge in [-0.2, -0.15) is 0 Å². The molecule has 4 rings (SSSR count). The van der Waals surface area contributed by atoms with Gasteiger partial charge in [-0.15, -0.1) is 0 Å². The number of aromatic nitrogens is 1. The van der Waals surface area contributed by atoms with Crippen LogP contribution < -0.4 is 5.32 Å². The Hall–Kier alpha value is -3.47. The van der Waals surface area contributed by atoms with Gasteiger partial charge in [0, 0.05) is 34.6 Å². The minimum atomic E-state index is -0.338. The van der Waals surface area contributed by atoms with Gasteiger partial charge in [0.1, 0.15) is 12.1 Å². The summed E-state index contributed by atoms with van der Waals surface area (Å²) in [6, 6.07) is 12.0. The molecule has 1 aromatic heterocycles.